The fourth-order valence-corrected chi connectivity index (χ4v) is 1.88. The fourth-order valence-electron chi connectivity index (χ4n) is 1.88. The molecule has 1 rings (SSSR count). The average Bonchev–Trinajstić information content (AvgIpc) is 2.54. The van der Waals surface area contributed by atoms with Crippen molar-refractivity contribution in [3.05, 3.63) is 0 Å². The van der Waals surface area contributed by atoms with Crippen LogP contribution in [0.15, 0.2) is 0 Å². The second-order valence-corrected chi connectivity index (χ2v) is 6.76. The SMILES string of the molecule is COC1CO[C@H](COC(C)(C)C)C1OC(C)(C)C. The van der Waals surface area contributed by atoms with Crippen LogP contribution >= 0.6 is 0 Å². The lowest BCUT2D eigenvalue weighted by Gasteiger charge is -2.31. The van der Waals surface area contributed by atoms with Crippen LogP contribution in [0.4, 0.5) is 0 Å². The molecule has 0 spiro atoms. The van der Waals surface area contributed by atoms with Gasteiger partial charge in [0.15, 0.2) is 0 Å². The van der Waals surface area contributed by atoms with Crippen LogP contribution in [0.5, 0.6) is 0 Å². The van der Waals surface area contributed by atoms with E-state index in [9.17, 15) is 0 Å². The summed E-state index contributed by atoms with van der Waals surface area (Å²) < 4.78 is 23.0. The van der Waals surface area contributed by atoms with Crippen LogP contribution in [0, 0.1) is 0 Å². The molecule has 1 fully saturated rings. The van der Waals surface area contributed by atoms with Gasteiger partial charge in [-0.3, -0.25) is 0 Å². The maximum absolute atomic E-state index is 6.05. The van der Waals surface area contributed by atoms with E-state index >= 15 is 0 Å². The average molecular weight is 260 g/mol. The Morgan fingerprint density at radius 2 is 1.67 bits per heavy atom. The third kappa shape index (κ3) is 5.22. The number of ether oxygens (including phenoxy) is 4. The zero-order chi connectivity index (χ0) is 14.0. The zero-order valence-electron chi connectivity index (χ0n) is 12.8. The standard InChI is InChI=1S/C14H28O4/c1-13(2,3)17-9-11-12(18-14(4,5)6)10(15-7)8-16-11/h10-12H,8-9H2,1-7H3/t10?,11-,12?/m1/s1. The van der Waals surface area contributed by atoms with E-state index in [0.717, 1.165) is 0 Å². The number of hydrogen-bond donors (Lipinski definition) is 0. The van der Waals surface area contributed by atoms with Crippen molar-refractivity contribution in [3.8, 4) is 0 Å². The molecule has 0 aliphatic carbocycles. The van der Waals surface area contributed by atoms with Crippen LogP contribution in [-0.2, 0) is 18.9 Å². The van der Waals surface area contributed by atoms with E-state index in [1.807, 2.05) is 41.5 Å². The summed E-state index contributed by atoms with van der Waals surface area (Å²) in [5.74, 6) is 0. The Hall–Kier alpha value is -0.160. The van der Waals surface area contributed by atoms with E-state index in [1.54, 1.807) is 7.11 Å². The van der Waals surface area contributed by atoms with Crippen molar-refractivity contribution < 1.29 is 18.9 Å². The molecule has 1 aliphatic heterocycles. The molecule has 0 bridgehead atoms. The molecule has 3 atom stereocenters. The minimum absolute atomic E-state index is 0.0159. The molecule has 0 saturated carbocycles. The minimum atomic E-state index is -0.213. The maximum Gasteiger partial charge on any atom is 0.115 e. The predicted molar refractivity (Wildman–Crippen MR) is 70.9 cm³/mol. The first-order chi connectivity index (χ1) is 8.12. The van der Waals surface area contributed by atoms with Crippen LogP contribution in [0.1, 0.15) is 41.5 Å². The maximum atomic E-state index is 6.05. The van der Waals surface area contributed by atoms with Gasteiger partial charge in [0, 0.05) is 7.11 Å². The molecule has 1 aliphatic rings. The van der Waals surface area contributed by atoms with Gasteiger partial charge in [-0.2, -0.15) is 0 Å². The highest BCUT2D eigenvalue weighted by Crippen LogP contribution is 2.26. The number of hydrogen-bond acceptors (Lipinski definition) is 4. The second-order valence-electron chi connectivity index (χ2n) is 6.76. The van der Waals surface area contributed by atoms with Gasteiger partial charge in [-0.1, -0.05) is 0 Å². The van der Waals surface area contributed by atoms with Gasteiger partial charge in [0.2, 0.25) is 0 Å². The highest BCUT2D eigenvalue weighted by Gasteiger charge is 2.41. The molecule has 2 unspecified atom stereocenters. The smallest absolute Gasteiger partial charge is 0.115 e. The highest BCUT2D eigenvalue weighted by atomic mass is 16.6. The third-order valence-electron chi connectivity index (χ3n) is 2.68. The summed E-state index contributed by atoms with van der Waals surface area (Å²) in [5, 5.41) is 0. The topological polar surface area (TPSA) is 36.9 Å². The first-order valence-electron chi connectivity index (χ1n) is 6.58. The molecule has 1 saturated heterocycles. The third-order valence-corrected chi connectivity index (χ3v) is 2.68. The van der Waals surface area contributed by atoms with Gasteiger partial charge in [-0.25, -0.2) is 0 Å². The molecule has 0 aromatic heterocycles. The van der Waals surface area contributed by atoms with Gasteiger partial charge in [0.1, 0.15) is 18.3 Å². The molecular weight excluding hydrogens is 232 g/mol. The molecule has 0 amide bonds. The Balaban J connectivity index is 2.60. The van der Waals surface area contributed by atoms with Crippen molar-refractivity contribution >= 4 is 0 Å². The second kappa shape index (κ2) is 5.87. The monoisotopic (exact) mass is 260 g/mol. The van der Waals surface area contributed by atoms with E-state index in [-0.39, 0.29) is 29.5 Å². The van der Waals surface area contributed by atoms with Crippen LogP contribution in [0.25, 0.3) is 0 Å². The molecule has 4 nitrogen and oxygen atoms in total. The number of rotatable bonds is 4. The summed E-state index contributed by atoms with van der Waals surface area (Å²) in [4.78, 5) is 0. The normalized spacial score (nSPS) is 29.8. The lowest BCUT2D eigenvalue weighted by molar-refractivity contribution is -0.140. The van der Waals surface area contributed by atoms with Crippen molar-refractivity contribution in [2.75, 3.05) is 20.3 Å². The summed E-state index contributed by atoms with van der Waals surface area (Å²) in [6.45, 7) is 13.3. The summed E-state index contributed by atoms with van der Waals surface area (Å²) in [5.41, 5.74) is -0.379. The summed E-state index contributed by atoms with van der Waals surface area (Å²) in [6, 6.07) is 0. The molecular formula is C14H28O4. The van der Waals surface area contributed by atoms with Crippen molar-refractivity contribution in [2.24, 2.45) is 0 Å². The van der Waals surface area contributed by atoms with Gasteiger partial charge in [0.25, 0.3) is 0 Å². The lowest BCUT2D eigenvalue weighted by Crippen LogP contribution is -2.43. The lowest BCUT2D eigenvalue weighted by atomic mass is 10.1. The van der Waals surface area contributed by atoms with Crippen molar-refractivity contribution in [1.29, 1.82) is 0 Å². The Kier molecular flexibility index (Phi) is 5.18. The van der Waals surface area contributed by atoms with E-state index in [0.29, 0.717) is 13.2 Å². The van der Waals surface area contributed by atoms with Crippen LogP contribution in [0.2, 0.25) is 0 Å². The molecule has 0 aromatic carbocycles. The molecule has 0 N–H and O–H groups in total. The van der Waals surface area contributed by atoms with Crippen LogP contribution < -0.4 is 0 Å². The molecule has 18 heavy (non-hydrogen) atoms. The van der Waals surface area contributed by atoms with E-state index in [1.165, 1.54) is 0 Å². The molecule has 1 heterocycles. The molecule has 4 heteroatoms. The first kappa shape index (κ1) is 15.9. The number of methoxy groups -OCH3 is 1. The van der Waals surface area contributed by atoms with E-state index in [2.05, 4.69) is 0 Å². The van der Waals surface area contributed by atoms with Gasteiger partial charge in [-0.05, 0) is 41.5 Å². The van der Waals surface area contributed by atoms with Crippen molar-refractivity contribution in [1.82, 2.24) is 0 Å². The van der Waals surface area contributed by atoms with E-state index < -0.39 is 0 Å². The summed E-state index contributed by atoms with van der Waals surface area (Å²) >= 11 is 0. The summed E-state index contributed by atoms with van der Waals surface area (Å²) in [7, 11) is 1.69. The van der Waals surface area contributed by atoms with Crippen molar-refractivity contribution in [2.45, 2.75) is 71.1 Å². The molecule has 0 radical (unpaired) electrons. The Morgan fingerprint density at radius 3 is 2.11 bits per heavy atom. The van der Waals surface area contributed by atoms with Gasteiger partial charge in [-0.15, -0.1) is 0 Å². The van der Waals surface area contributed by atoms with Gasteiger partial charge >= 0.3 is 0 Å². The molecule has 108 valence electrons. The quantitative estimate of drug-likeness (QED) is 0.778. The highest BCUT2D eigenvalue weighted by molar-refractivity contribution is 4.88. The summed E-state index contributed by atoms with van der Waals surface area (Å²) in [6.07, 6.45) is -0.149. The Morgan fingerprint density at radius 1 is 1.06 bits per heavy atom. The Labute approximate surface area is 111 Å². The predicted octanol–water partition coefficient (Wildman–Crippen LogP) is 2.40. The fraction of sp³-hybridized carbons (Fsp3) is 1.00. The van der Waals surface area contributed by atoms with Crippen molar-refractivity contribution in [3.63, 3.8) is 0 Å². The molecule has 0 aromatic rings. The van der Waals surface area contributed by atoms with E-state index in [4.69, 9.17) is 18.9 Å². The first-order valence-corrected chi connectivity index (χ1v) is 6.58. The Bertz CT molecular complexity index is 252. The van der Waals surface area contributed by atoms with Crippen LogP contribution in [-0.4, -0.2) is 49.8 Å². The minimum Gasteiger partial charge on any atom is -0.376 e. The largest absolute Gasteiger partial charge is 0.376 e. The van der Waals surface area contributed by atoms with Crippen LogP contribution in [0.3, 0.4) is 0 Å². The van der Waals surface area contributed by atoms with Gasteiger partial charge < -0.3 is 18.9 Å². The zero-order valence-corrected chi connectivity index (χ0v) is 12.8. The van der Waals surface area contributed by atoms with Gasteiger partial charge in [0.05, 0.1) is 24.4 Å².